The van der Waals surface area contributed by atoms with Gasteiger partial charge in [-0.2, -0.15) is 0 Å². The van der Waals surface area contributed by atoms with Gasteiger partial charge in [-0.3, -0.25) is 0 Å². The molecule has 0 amide bonds. The van der Waals surface area contributed by atoms with Gasteiger partial charge in [-0.25, -0.2) is 9.59 Å². The van der Waals surface area contributed by atoms with Crippen molar-refractivity contribution in [3.05, 3.63) is 42.0 Å². The van der Waals surface area contributed by atoms with Crippen LogP contribution in [0.1, 0.15) is 5.56 Å². The van der Waals surface area contributed by atoms with E-state index in [1.165, 1.54) is 6.08 Å². The van der Waals surface area contributed by atoms with Crippen LogP contribution in [0.15, 0.2) is 36.4 Å². The predicted molar refractivity (Wildman–Crippen MR) is 53.7 cm³/mol. The molecule has 4 heteroatoms. The van der Waals surface area contributed by atoms with Crippen LogP contribution in [0.25, 0.3) is 6.08 Å². The number of carbonyl (C=O) groups excluding carboxylic acids is 2. The van der Waals surface area contributed by atoms with E-state index in [9.17, 15) is 9.59 Å². The van der Waals surface area contributed by atoms with Gasteiger partial charge in [0.25, 0.3) is 0 Å². The largest absolute Gasteiger partial charge is 0.388 e. The minimum absolute atomic E-state index is 0.794. The number of ether oxygens (including phenoxy) is 1. The summed E-state index contributed by atoms with van der Waals surface area (Å²) in [6.07, 6.45) is 2.65. The SMILES string of the molecule is O=C(C=Cc1ccccc1)OC(=O)CO. The second-order valence-electron chi connectivity index (χ2n) is 2.70. The van der Waals surface area contributed by atoms with Crippen molar-refractivity contribution in [2.75, 3.05) is 6.61 Å². The third-order valence-corrected chi connectivity index (χ3v) is 1.55. The first-order chi connectivity index (χ1) is 7.22. The second kappa shape index (κ2) is 5.72. The molecule has 1 aromatic rings. The van der Waals surface area contributed by atoms with Gasteiger partial charge in [0.1, 0.15) is 6.61 Å². The fourth-order valence-corrected chi connectivity index (χ4v) is 0.907. The van der Waals surface area contributed by atoms with E-state index in [0.717, 1.165) is 11.6 Å². The molecule has 0 bridgehead atoms. The van der Waals surface area contributed by atoms with Crippen LogP contribution in [0.2, 0.25) is 0 Å². The van der Waals surface area contributed by atoms with Crippen LogP contribution in [-0.4, -0.2) is 23.7 Å². The number of aliphatic hydroxyl groups is 1. The van der Waals surface area contributed by atoms with E-state index in [1.807, 2.05) is 18.2 Å². The summed E-state index contributed by atoms with van der Waals surface area (Å²) in [5, 5.41) is 8.32. The highest BCUT2D eigenvalue weighted by Crippen LogP contribution is 2.00. The Morgan fingerprint density at radius 3 is 2.53 bits per heavy atom. The Morgan fingerprint density at radius 1 is 1.27 bits per heavy atom. The van der Waals surface area contributed by atoms with E-state index in [2.05, 4.69) is 4.74 Å². The molecule has 0 fully saturated rings. The summed E-state index contributed by atoms with van der Waals surface area (Å²) in [6, 6.07) is 9.11. The summed E-state index contributed by atoms with van der Waals surface area (Å²) in [4.78, 5) is 21.5. The lowest BCUT2D eigenvalue weighted by Crippen LogP contribution is -2.13. The number of hydrogen-bond acceptors (Lipinski definition) is 4. The van der Waals surface area contributed by atoms with Gasteiger partial charge < -0.3 is 9.84 Å². The van der Waals surface area contributed by atoms with E-state index in [1.54, 1.807) is 12.1 Å². The average Bonchev–Trinajstić information content (AvgIpc) is 2.27. The topological polar surface area (TPSA) is 63.6 Å². The Hall–Kier alpha value is -1.94. The molecule has 0 spiro atoms. The van der Waals surface area contributed by atoms with Crippen LogP contribution >= 0.6 is 0 Å². The lowest BCUT2D eigenvalue weighted by Gasteiger charge is -1.95. The molecular formula is C11H10O4. The number of aliphatic hydroxyl groups excluding tert-OH is 1. The summed E-state index contributed by atoms with van der Waals surface area (Å²) in [6.45, 7) is -0.801. The van der Waals surface area contributed by atoms with Crippen molar-refractivity contribution in [1.29, 1.82) is 0 Å². The third-order valence-electron chi connectivity index (χ3n) is 1.55. The molecule has 0 aromatic heterocycles. The van der Waals surface area contributed by atoms with Crippen LogP contribution in [0, 0.1) is 0 Å². The molecule has 0 unspecified atom stereocenters. The quantitative estimate of drug-likeness (QED) is 0.450. The van der Waals surface area contributed by atoms with E-state index >= 15 is 0 Å². The molecule has 78 valence electrons. The van der Waals surface area contributed by atoms with Crippen molar-refractivity contribution in [2.24, 2.45) is 0 Å². The number of rotatable bonds is 3. The molecular weight excluding hydrogens is 196 g/mol. The molecule has 0 saturated heterocycles. The average molecular weight is 206 g/mol. The molecule has 0 aliphatic heterocycles. The van der Waals surface area contributed by atoms with Crippen molar-refractivity contribution >= 4 is 18.0 Å². The first kappa shape index (κ1) is 11.1. The molecule has 0 atom stereocenters. The summed E-state index contributed by atoms with van der Waals surface area (Å²) >= 11 is 0. The van der Waals surface area contributed by atoms with Crippen molar-refractivity contribution in [1.82, 2.24) is 0 Å². The van der Waals surface area contributed by atoms with Crippen LogP contribution < -0.4 is 0 Å². The molecule has 1 rings (SSSR count). The second-order valence-corrected chi connectivity index (χ2v) is 2.70. The minimum atomic E-state index is -0.960. The number of benzene rings is 1. The highest BCUT2D eigenvalue weighted by molar-refractivity contribution is 5.95. The summed E-state index contributed by atoms with van der Waals surface area (Å²) in [7, 11) is 0. The van der Waals surface area contributed by atoms with Crippen LogP contribution in [0.5, 0.6) is 0 Å². The number of hydrogen-bond donors (Lipinski definition) is 1. The van der Waals surface area contributed by atoms with Gasteiger partial charge >= 0.3 is 11.9 Å². The molecule has 15 heavy (non-hydrogen) atoms. The van der Waals surface area contributed by atoms with Crippen LogP contribution in [-0.2, 0) is 14.3 Å². The number of esters is 2. The summed E-state index contributed by atoms with van der Waals surface area (Å²) in [5.41, 5.74) is 0.825. The maximum absolute atomic E-state index is 10.9. The van der Waals surface area contributed by atoms with Gasteiger partial charge in [0, 0.05) is 6.08 Å². The highest BCUT2D eigenvalue weighted by atomic mass is 16.6. The van der Waals surface area contributed by atoms with Crippen molar-refractivity contribution in [2.45, 2.75) is 0 Å². The zero-order valence-electron chi connectivity index (χ0n) is 7.92. The highest BCUT2D eigenvalue weighted by Gasteiger charge is 2.04. The van der Waals surface area contributed by atoms with Crippen LogP contribution in [0.4, 0.5) is 0 Å². The Kier molecular flexibility index (Phi) is 4.25. The Labute approximate surface area is 86.8 Å². The molecule has 0 aliphatic carbocycles. The van der Waals surface area contributed by atoms with Gasteiger partial charge in [0.15, 0.2) is 0 Å². The Bertz CT molecular complexity index is 367. The smallest absolute Gasteiger partial charge is 0.339 e. The van der Waals surface area contributed by atoms with E-state index in [0.29, 0.717) is 0 Å². The van der Waals surface area contributed by atoms with Gasteiger partial charge in [0.2, 0.25) is 0 Å². The molecule has 0 heterocycles. The molecule has 4 nitrogen and oxygen atoms in total. The fourth-order valence-electron chi connectivity index (χ4n) is 0.907. The minimum Gasteiger partial charge on any atom is -0.388 e. The Morgan fingerprint density at radius 2 is 1.93 bits per heavy atom. The summed E-state index contributed by atoms with van der Waals surface area (Å²) < 4.78 is 4.21. The first-order valence-corrected chi connectivity index (χ1v) is 4.31. The molecule has 0 saturated carbocycles. The molecule has 0 aliphatic rings. The van der Waals surface area contributed by atoms with Gasteiger partial charge in [0.05, 0.1) is 0 Å². The standard InChI is InChI=1S/C11H10O4/c12-8-11(14)15-10(13)7-6-9-4-2-1-3-5-9/h1-7,12H,8H2. The normalized spacial score (nSPS) is 10.2. The molecule has 1 aromatic carbocycles. The zero-order chi connectivity index (χ0) is 11.1. The van der Waals surface area contributed by atoms with Gasteiger partial charge in [-0.15, -0.1) is 0 Å². The maximum Gasteiger partial charge on any atom is 0.339 e. The molecule has 0 radical (unpaired) electrons. The van der Waals surface area contributed by atoms with E-state index < -0.39 is 18.5 Å². The zero-order valence-corrected chi connectivity index (χ0v) is 7.92. The van der Waals surface area contributed by atoms with Gasteiger partial charge in [-0.1, -0.05) is 30.3 Å². The lowest BCUT2D eigenvalue weighted by molar-refractivity contribution is -0.158. The van der Waals surface area contributed by atoms with Crippen molar-refractivity contribution < 1.29 is 19.4 Å². The summed E-state index contributed by atoms with van der Waals surface area (Å²) in [5.74, 6) is -1.75. The maximum atomic E-state index is 10.9. The number of carbonyl (C=O) groups is 2. The predicted octanol–water partition coefficient (Wildman–Crippen LogP) is 0.762. The van der Waals surface area contributed by atoms with Crippen molar-refractivity contribution in [3.63, 3.8) is 0 Å². The van der Waals surface area contributed by atoms with E-state index in [4.69, 9.17) is 5.11 Å². The van der Waals surface area contributed by atoms with E-state index in [-0.39, 0.29) is 0 Å². The van der Waals surface area contributed by atoms with Crippen LogP contribution in [0.3, 0.4) is 0 Å². The first-order valence-electron chi connectivity index (χ1n) is 4.31. The molecule has 1 N–H and O–H groups in total. The fraction of sp³-hybridized carbons (Fsp3) is 0.0909. The Balaban J connectivity index is 2.52. The van der Waals surface area contributed by atoms with Crippen molar-refractivity contribution in [3.8, 4) is 0 Å². The monoisotopic (exact) mass is 206 g/mol. The van der Waals surface area contributed by atoms with Gasteiger partial charge in [-0.05, 0) is 11.6 Å². The third kappa shape index (κ3) is 4.19. The lowest BCUT2D eigenvalue weighted by atomic mass is 10.2.